The Bertz CT molecular complexity index is 1250. The van der Waals surface area contributed by atoms with Gasteiger partial charge < -0.3 is 10.1 Å². The molecule has 1 unspecified atom stereocenters. The lowest BCUT2D eigenvalue weighted by molar-refractivity contribution is -0.137. The summed E-state index contributed by atoms with van der Waals surface area (Å²) in [5, 5.41) is 5.09. The Morgan fingerprint density at radius 3 is 2.70 bits per heavy atom. The van der Waals surface area contributed by atoms with E-state index in [0.717, 1.165) is 28.8 Å². The third-order valence-corrected chi connectivity index (χ3v) is 6.17. The molecule has 0 saturated carbocycles. The van der Waals surface area contributed by atoms with Gasteiger partial charge in [0.05, 0.1) is 32.7 Å². The van der Waals surface area contributed by atoms with Crippen molar-refractivity contribution in [1.82, 2.24) is 4.98 Å². The molecule has 1 aliphatic heterocycles. The van der Waals surface area contributed by atoms with E-state index in [1.165, 1.54) is 23.2 Å². The maximum Gasteiger partial charge on any atom is 0.416 e. The number of hydrogen-bond acceptors (Lipinski definition) is 5. The summed E-state index contributed by atoms with van der Waals surface area (Å²) in [6.07, 6.45) is -4.60. The number of alkyl halides is 3. The highest BCUT2D eigenvalue weighted by atomic mass is 35.5. The van der Waals surface area contributed by atoms with Gasteiger partial charge in [-0.05, 0) is 50.2 Å². The van der Waals surface area contributed by atoms with Gasteiger partial charge in [0.15, 0.2) is 6.61 Å². The first-order valence-electron chi connectivity index (χ1n) is 9.73. The predicted octanol–water partition coefficient (Wildman–Crippen LogP) is 5.54. The molecular weight excluding hydrogens is 479 g/mol. The van der Waals surface area contributed by atoms with E-state index in [0.29, 0.717) is 17.1 Å². The number of benzene rings is 2. The van der Waals surface area contributed by atoms with Gasteiger partial charge >= 0.3 is 6.18 Å². The number of anilines is 2. The largest absolute Gasteiger partial charge is 0.482 e. The number of aryl methyl sites for hydroxylation is 1. The maximum atomic E-state index is 13.1. The van der Waals surface area contributed by atoms with Crippen LogP contribution >= 0.6 is 22.9 Å². The minimum absolute atomic E-state index is 0.0570. The average molecular weight is 496 g/mol. The number of amides is 2. The van der Waals surface area contributed by atoms with Gasteiger partial charge in [0.25, 0.3) is 5.91 Å². The molecule has 1 aliphatic rings. The highest BCUT2D eigenvalue weighted by Crippen LogP contribution is 2.38. The van der Waals surface area contributed by atoms with Gasteiger partial charge in [-0.15, -0.1) is 11.3 Å². The second-order valence-corrected chi connectivity index (χ2v) is 8.81. The summed E-state index contributed by atoms with van der Waals surface area (Å²) >= 11 is 7.47. The van der Waals surface area contributed by atoms with Crippen molar-refractivity contribution >= 4 is 46.1 Å². The molecule has 2 amide bonds. The second kappa shape index (κ2) is 8.68. The van der Waals surface area contributed by atoms with E-state index in [-0.39, 0.29) is 17.3 Å². The van der Waals surface area contributed by atoms with E-state index in [9.17, 15) is 22.8 Å². The van der Waals surface area contributed by atoms with Crippen LogP contribution in [0, 0.1) is 6.92 Å². The zero-order valence-corrected chi connectivity index (χ0v) is 18.9. The SMILES string of the molecule is Cc1nc(-c2ccc3c(c2)N(C(C)C(=O)Nc2cc(C(F)(F)F)ccc2Cl)C(=O)CO3)cs1. The summed E-state index contributed by atoms with van der Waals surface area (Å²) in [7, 11) is 0. The molecule has 1 atom stereocenters. The Balaban J connectivity index is 1.64. The van der Waals surface area contributed by atoms with Gasteiger partial charge in [0.2, 0.25) is 5.91 Å². The monoisotopic (exact) mass is 495 g/mol. The van der Waals surface area contributed by atoms with Crippen molar-refractivity contribution in [2.24, 2.45) is 0 Å². The number of carbonyl (C=O) groups excluding carboxylic acids is 2. The van der Waals surface area contributed by atoms with Crippen LogP contribution in [0.4, 0.5) is 24.5 Å². The van der Waals surface area contributed by atoms with Crippen LogP contribution in [0.1, 0.15) is 17.5 Å². The minimum atomic E-state index is -4.60. The van der Waals surface area contributed by atoms with Gasteiger partial charge in [0.1, 0.15) is 11.8 Å². The van der Waals surface area contributed by atoms with E-state index in [4.69, 9.17) is 16.3 Å². The van der Waals surface area contributed by atoms with Crippen LogP contribution in [0.2, 0.25) is 5.02 Å². The third-order valence-electron chi connectivity index (χ3n) is 5.07. The predicted molar refractivity (Wildman–Crippen MR) is 120 cm³/mol. The second-order valence-electron chi connectivity index (χ2n) is 7.34. The van der Waals surface area contributed by atoms with Gasteiger partial charge in [0, 0.05) is 10.9 Å². The first-order valence-corrected chi connectivity index (χ1v) is 11.0. The van der Waals surface area contributed by atoms with E-state index in [2.05, 4.69) is 10.3 Å². The molecule has 0 aliphatic carbocycles. The van der Waals surface area contributed by atoms with Crippen molar-refractivity contribution in [1.29, 1.82) is 0 Å². The first kappa shape index (κ1) is 23.1. The Morgan fingerprint density at radius 1 is 1.27 bits per heavy atom. The lowest BCUT2D eigenvalue weighted by atomic mass is 10.1. The van der Waals surface area contributed by atoms with Crippen LogP contribution in [-0.2, 0) is 15.8 Å². The molecule has 0 fully saturated rings. The molecule has 3 aromatic rings. The average Bonchev–Trinajstić information content (AvgIpc) is 3.19. The molecule has 4 rings (SSSR count). The normalized spacial score (nSPS) is 14.5. The number of fused-ring (bicyclic) bond motifs is 1. The van der Waals surface area contributed by atoms with Crippen molar-refractivity contribution in [2.75, 3.05) is 16.8 Å². The number of halogens is 4. The summed E-state index contributed by atoms with van der Waals surface area (Å²) in [6, 6.07) is 6.76. The summed E-state index contributed by atoms with van der Waals surface area (Å²) < 4.78 is 44.7. The molecule has 172 valence electrons. The van der Waals surface area contributed by atoms with E-state index in [1.54, 1.807) is 18.2 Å². The van der Waals surface area contributed by atoms with Gasteiger partial charge in [-0.2, -0.15) is 13.2 Å². The fourth-order valence-electron chi connectivity index (χ4n) is 3.40. The van der Waals surface area contributed by atoms with Crippen LogP contribution in [0.25, 0.3) is 11.3 Å². The number of rotatable bonds is 4. The zero-order valence-electron chi connectivity index (χ0n) is 17.4. The van der Waals surface area contributed by atoms with Crippen LogP contribution in [-0.4, -0.2) is 29.4 Å². The van der Waals surface area contributed by atoms with Gasteiger partial charge in [-0.1, -0.05) is 11.6 Å². The number of hydrogen-bond donors (Lipinski definition) is 1. The first-order chi connectivity index (χ1) is 15.5. The molecule has 1 aromatic heterocycles. The lowest BCUT2D eigenvalue weighted by Gasteiger charge is -2.33. The fourth-order valence-corrected chi connectivity index (χ4v) is 4.19. The summed E-state index contributed by atoms with van der Waals surface area (Å²) in [5.41, 5.74) is 0.662. The molecular formula is C22H17ClF3N3O3S. The number of nitrogens with zero attached hydrogens (tertiary/aromatic N) is 2. The van der Waals surface area contributed by atoms with Gasteiger partial charge in [-0.25, -0.2) is 4.98 Å². The zero-order chi connectivity index (χ0) is 23.9. The summed E-state index contributed by atoms with van der Waals surface area (Å²) in [5.74, 6) is -0.763. The van der Waals surface area contributed by atoms with Crippen LogP contribution in [0.15, 0.2) is 41.8 Å². The molecule has 0 saturated heterocycles. The van der Waals surface area contributed by atoms with Crippen molar-refractivity contribution in [3.8, 4) is 17.0 Å². The topological polar surface area (TPSA) is 71.5 Å². The molecule has 6 nitrogen and oxygen atoms in total. The number of ether oxygens (including phenoxy) is 1. The number of carbonyl (C=O) groups is 2. The molecule has 2 aromatic carbocycles. The Kier molecular flexibility index (Phi) is 6.06. The Labute approximate surface area is 196 Å². The van der Waals surface area contributed by atoms with E-state index < -0.39 is 29.6 Å². The van der Waals surface area contributed by atoms with E-state index >= 15 is 0 Å². The van der Waals surface area contributed by atoms with Crippen molar-refractivity contribution in [3.63, 3.8) is 0 Å². The van der Waals surface area contributed by atoms with Crippen LogP contribution in [0.5, 0.6) is 5.75 Å². The highest BCUT2D eigenvalue weighted by molar-refractivity contribution is 7.09. The highest BCUT2D eigenvalue weighted by Gasteiger charge is 2.35. The Hall–Kier alpha value is -3.11. The number of nitrogens with one attached hydrogen (secondary N) is 1. The van der Waals surface area contributed by atoms with Gasteiger partial charge in [-0.3, -0.25) is 14.5 Å². The molecule has 33 heavy (non-hydrogen) atoms. The summed E-state index contributed by atoms with van der Waals surface area (Å²) in [6.45, 7) is 3.07. The van der Waals surface area contributed by atoms with Crippen molar-refractivity contribution in [2.45, 2.75) is 26.1 Å². The van der Waals surface area contributed by atoms with Crippen LogP contribution < -0.4 is 15.0 Å². The number of thiazole rings is 1. The van der Waals surface area contributed by atoms with Crippen molar-refractivity contribution in [3.05, 3.63) is 57.4 Å². The smallest absolute Gasteiger partial charge is 0.416 e. The van der Waals surface area contributed by atoms with E-state index in [1.807, 2.05) is 12.3 Å². The molecule has 1 N–H and O–H groups in total. The molecule has 0 bridgehead atoms. The Morgan fingerprint density at radius 2 is 2.03 bits per heavy atom. The lowest BCUT2D eigenvalue weighted by Crippen LogP contribution is -2.49. The quantitative estimate of drug-likeness (QED) is 0.515. The molecule has 0 spiro atoms. The molecule has 2 heterocycles. The standard InChI is InChI=1S/C22H17ClF3N3O3S/c1-11(21(31)28-16-8-14(22(24,25)26)4-5-15(16)23)29-18-7-13(17-10-33-12(2)27-17)3-6-19(18)32-9-20(29)30/h3-8,10-11H,9H2,1-2H3,(H,28,31). The van der Waals surface area contributed by atoms with Crippen molar-refractivity contribution < 1.29 is 27.5 Å². The molecule has 0 radical (unpaired) electrons. The molecule has 11 heteroatoms. The summed E-state index contributed by atoms with van der Waals surface area (Å²) in [4.78, 5) is 31.3. The minimum Gasteiger partial charge on any atom is -0.482 e. The number of aromatic nitrogens is 1. The fraction of sp³-hybridized carbons (Fsp3) is 0.227. The third kappa shape index (κ3) is 4.67. The maximum absolute atomic E-state index is 13.1. The van der Waals surface area contributed by atoms with Crippen LogP contribution in [0.3, 0.4) is 0 Å².